The molecule has 3 unspecified atom stereocenters. The van der Waals surface area contributed by atoms with Crippen LogP contribution in [0.4, 0.5) is 0 Å². The second-order valence-corrected chi connectivity index (χ2v) is 5.94. The number of unbranched alkanes of at least 4 members (excludes halogenated alkanes) is 1. The molecule has 2 heteroatoms. The average Bonchev–Trinajstić information content (AvgIpc) is 2.66. The lowest BCUT2D eigenvalue weighted by Gasteiger charge is -2.34. The molecule has 0 spiro atoms. The Morgan fingerprint density at radius 3 is 2.62 bits per heavy atom. The van der Waals surface area contributed by atoms with E-state index >= 15 is 0 Å². The van der Waals surface area contributed by atoms with E-state index in [1.54, 1.807) is 0 Å². The molecule has 16 heavy (non-hydrogen) atoms. The van der Waals surface area contributed by atoms with Crippen LogP contribution in [0, 0.1) is 11.3 Å². The van der Waals surface area contributed by atoms with E-state index in [-0.39, 0.29) is 0 Å². The van der Waals surface area contributed by atoms with Gasteiger partial charge in [0.05, 0.1) is 6.10 Å². The van der Waals surface area contributed by atoms with E-state index in [9.17, 15) is 0 Å². The molecule has 0 aromatic rings. The Kier molecular flexibility index (Phi) is 6.35. The van der Waals surface area contributed by atoms with Crippen molar-refractivity contribution < 1.29 is 4.74 Å². The van der Waals surface area contributed by atoms with Crippen molar-refractivity contribution in [2.45, 2.75) is 65.4 Å². The van der Waals surface area contributed by atoms with Crippen molar-refractivity contribution >= 4 is 15.9 Å². The molecule has 0 saturated carbocycles. The summed E-state index contributed by atoms with van der Waals surface area (Å²) < 4.78 is 5.78. The van der Waals surface area contributed by atoms with E-state index < -0.39 is 0 Å². The molecule has 0 amide bonds. The monoisotopic (exact) mass is 290 g/mol. The van der Waals surface area contributed by atoms with Crippen molar-refractivity contribution in [2.24, 2.45) is 11.3 Å². The number of ether oxygens (including phenoxy) is 1. The average molecular weight is 291 g/mol. The van der Waals surface area contributed by atoms with Crippen LogP contribution in [0.1, 0.15) is 59.3 Å². The summed E-state index contributed by atoms with van der Waals surface area (Å²) in [6.45, 7) is 7.83. The Morgan fingerprint density at radius 1 is 1.44 bits per heavy atom. The molecule has 1 heterocycles. The maximum absolute atomic E-state index is 5.78. The van der Waals surface area contributed by atoms with Gasteiger partial charge in [-0.15, -0.1) is 0 Å². The second-order valence-electron chi connectivity index (χ2n) is 5.38. The van der Waals surface area contributed by atoms with Crippen molar-refractivity contribution in [2.75, 3.05) is 11.9 Å². The van der Waals surface area contributed by atoms with Gasteiger partial charge >= 0.3 is 0 Å². The van der Waals surface area contributed by atoms with Crippen molar-refractivity contribution in [3.63, 3.8) is 0 Å². The first-order valence-corrected chi connectivity index (χ1v) is 7.98. The van der Waals surface area contributed by atoms with Crippen LogP contribution in [0.15, 0.2) is 0 Å². The van der Waals surface area contributed by atoms with Gasteiger partial charge in [-0.1, -0.05) is 55.5 Å². The van der Waals surface area contributed by atoms with Crippen LogP contribution in [-0.4, -0.2) is 18.0 Å². The molecule has 0 bridgehead atoms. The molecule has 0 aliphatic carbocycles. The summed E-state index contributed by atoms with van der Waals surface area (Å²) in [5.74, 6) is 0.890. The highest BCUT2D eigenvalue weighted by Crippen LogP contribution is 2.43. The van der Waals surface area contributed by atoms with Crippen LogP contribution < -0.4 is 0 Å². The van der Waals surface area contributed by atoms with Crippen LogP contribution in [0.3, 0.4) is 0 Å². The van der Waals surface area contributed by atoms with Crippen molar-refractivity contribution in [3.05, 3.63) is 0 Å². The minimum Gasteiger partial charge on any atom is -0.378 e. The van der Waals surface area contributed by atoms with Crippen LogP contribution >= 0.6 is 15.9 Å². The molecule has 0 aromatic heterocycles. The van der Waals surface area contributed by atoms with Crippen molar-refractivity contribution in [1.82, 2.24) is 0 Å². The summed E-state index contributed by atoms with van der Waals surface area (Å²) in [6.07, 6.45) is 8.44. The maximum Gasteiger partial charge on any atom is 0.0612 e. The summed E-state index contributed by atoms with van der Waals surface area (Å²) in [4.78, 5) is 0. The Morgan fingerprint density at radius 2 is 2.19 bits per heavy atom. The van der Waals surface area contributed by atoms with Crippen LogP contribution in [-0.2, 0) is 4.74 Å². The summed E-state index contributed by atoms with van der Waals surface area (Å²) >= 11 is 3.72. The maximum atomic E-state index is 5.78. The summed E-state index contributed by atoms with van der Waals surface area (Å²) in [7, 11) is 0. The third-order valence-electron chi connectivity index (χ3n) is 4.33. The highest BCUT2D eigenvalue weighted by Gasteiger charge is 2.41. The lowest BCUT2D eigenvalue weighted by molar-refractivity contribution is 0.0607. The minimum absolute atomic E-state index is 0.411. The van der Waals surface area contributed by atoms with E-state index in [1.165, 1.54) is 38.5 Å². The Balaban J connectivity index is 2.53. The Hall–Kier alpha value is 0.440. The van der Waals surface area contributed by atoms with Gasteiger partial charge in [-0.25, -0.2) is 0 Å². The van der Waals surface area contributed by atoms with Gasteiger partial charge in [0.2, 0.25) is 0 Å². The van der Waals surface area contributed by atoms with Crippen molar-refractivity contribution in [3.8, 4) is 0 Å². The van der Waals surface area contributed by atoms with Gasteiger partial charge in [0, 0.05) is 17.4 Å². The van der Waals surface area contributed by atoms with Gasteiger partial charge in [-0.2, -0.15) is 0 Å². The molecule has 0 aromatic carbocycles. The number of hydrogen-bond acceptors (Lipinski definition) is 1. The normalized spacial score (nSPS) is 31.9. The van der Waals surface area contributed by atoms with Crippen LogP contribution in [0.5, 0.6) is 0 Å². The second kappa shape index (κ2) is 7.00. The fourth-order valence-corrected chi connectivity index (χ4v) is 3.80. The van der Waals surface area contributed by atoms with E-state index in [0.29, 0.717) is 11.5 Å². The molecule has 3 atom stereocenters. The first-order valence-electron chi connectivity index (χ1n) is 6.86. The lowest BCUT2D eigenvalue weighted by Crippen LogP contribution is -2.33. The van der Waals surface area contributed by atoms with Gasteiger partial charge in [-0.3, -0.25) is 0 Å². The molecule has 1 fully saturated rings. The fourth-order valence-electron chi connectivity index (χ4n) is 2.84. The number of rotatable bonds is 7. The predicted molar refractivity (Wildman–Crippen MR) is 74.2 cm³/mol. The van der Waals surface area contributed by atoms with E-state index in [0.717, 1.165) is 17.9 Å². The van der Waals surface area contributed by atoms with E-state index in [1.807, 2.05) is 0 Å². The molecule has 96 valence electrons. The summed E-state index contributed by atoms with van der Waals surface area (Å²) in [5.41, 5.74) is 0.411. The van der Waals surface area contributed by atoms with E-state index in [2.05, 4.69) is 36.7 Å². The van der Waals surface area contributed by atoms with Gasteiger partial charge in [0.25, 0.3) is 0 Å². The number of hydrogen-bond donors (Lipinski definition) is 0. The smallest absolute Gasteiger partial charge is 0.0612 e. The van der Waals surface area contributed by atoms with Crippen molar-refractivity contribution in [1.29, 1.82) is 0 Å². The molecule has 0 radical (unpaired) electrons. The van der Waals surface area contributed by atoms with Gasteiger partial charge in [-0.05, 0) is 25.7 Å². The van der Waals surface area contributed by atoms with Gasteiger partial charge < -0.3 is 4.74 Å². The number of halogens is 1. The lowest BCUT2D eigenvalue weighted by atomic mass is 9.74. The Labute approximate surface area is 109 Å². The first kappa shape index (κ1) is 14.5. The topological polar surface area (TPSA) is 9.23 Å². The standard InChI is InChI=1S/C14H27BrO/c1-4-6-7-13(5-2)10-14(11-15)8-9-16-12(14)3/h12-13H,4-11H2,1-3H3. The highest BCUT2D eigenvalue weighted by atomic mass is 79.9. The predicted octanol–water partition coefficient (Wildman–Crippen LogP) is 4.78. The molecule has 1 nitrogen and oxygen atoms in total. The third-order valence-corrected chi connectivity index (χ3v) is 5.45. The zero-order valence-electron chi connectivity index (χ0n) is 11.1. The molecular weight excluding hydrogens is 264 g/mol. The Bertz CT molecular complexity index is 195. The summed E-state index contributed by atoms with van der Waals surface area (Å²) in [5, 5.41) is 1.10. The molecule has 1 rings (SSSR count). The third kappa shape index (κ3) is 3.46. The molecule has 1 aliphatic heterocycles. The van der Waals surface area contributed by atoms with Crippen LogP contribution in [0.2, 0.25) is 0 Å². The molecular formula is C14H27BrO. The first-order chi connectivity index (χ1) is 7.68. The number of alkyl halides is 1. The molecule has 0 N–H and O–H groups in total. The molecule has 1 aliphatic rings. The minimum atomic E-state index is 0.411. The molecule has 1 saturated heterocycles. The van der Waals surface area contributed by atoms with Crippen LogP contribution in [0.25, 0.3) is 0 Å². The van der Waals surface area contributed by atoms with Gasteiger partial charge in [0.1, 0.15) is 0 Å². The summed E-state index contributed by atoms with van der Waals surface area (Å²) in [6, 6.07) is 0. The zero-order valence-corrected chi connectivity index (χ0v) is 12.7. The van der Waals surface area contributed by atoms with E-state index in [4.69, 9.17) is 4.74 Å². The SMILES string of the molecule is CCCCC(CC)CC1(CBr)CCOC1C. The van der Waals surface area contributed by atoms with Gasteiger partial charge in [0.15, 0.2) is 0 Å². The fraction of sp³-hybridized carbons (Fsp3) is 1.00. The zero-order chi connectivity index (χ0) is 12.0. The highest BCUT2D eigenvalue weighted by molar-refractivity contribution is 9.09. The largest absolute Gasteiger partial charge is 0.378 e. The quantitative estimate of drug-likeness (QED) is 0.613.